The molecule has 0 bridgehead atoms. The van der Waals surface area contributed by atoms with E-state index in [1.807, 2.05) is 18.2 Å². The van der Waals surface area contributed by atoms with Gasteiger partial charge in [-0.3, -0.25) is 14.2 Å². The topological polar surface area (TPSA) is 87.8 Å². The Hall–Kier alpha value is -2.33. The maximum atomic E-state index is 12.9. The van der Waals surface area contributed by atoms with Gasteiger partial charge in [0, 0.05) is 6.54 Å². The molecule has 1 amide bonds. The Morgan fingerprint density at radius 1 is 1.28 bits per heavy atom. The highest BCUT2D eigenvalue weighted by atomic mass is 32.2. The van der Waals surface area contributed by atoms with Gasteiger partial charge in [0.1, 0.15) is 5.54 Å². The van der Waals surface area contributed by atoms with Gasteiger partial charge in [-0.1, -0.05) is 62.9 Å². The van der Waals surface area contributed by atoms with E-state index >= 15 is 0 Å². The Morgan fingerprint density at radius 3 is 2.69 bits per heavy atom. The first-order valence-corrected chi connectivity index (χ1v) is 11.4. The molecule has 7 heteroatoms. The lowest BCUT2D eigenvalue weighted by Gasteiger charge is -2.26. The highest BCUT2D eigenvalue weighted by Gasteiger charge is 2.32. The smallest absolute Gasteiger partial charge is 0.262 e. The third kappa shape index (κ3) is 5.18. The number of carbonyl (C=O) groups excluding carboxylic acids is 1. The van der Waals surface area contributed by atoms with E-state index in [1.165, 1.54) is 11.8 Å². The first kappa shape index (κ1) is 21.4. The minimum Gasteiger partial charge on any atom is -0.337 e. The van der Waals surface area contributed by atoms with Gasteiger partial charge in [0.2, 0.25) is 5.91 Å². The van der Waals surface area contributed by atoms with E-state index in [-0.39, 0.29) is 17.2 Å². The summed E-state index contributed by atoms with van der Waals surface area (Å²) in [6.45, 7) is 2.66. The predicted octanol–water partition coefficient (Wildman–Crippen LogP) is 4.02. The van der Waals surface area contributed by atoms with Gasteiger partial charge in [0.05, 0.1) is 22.7 Å². The van der Waals surface area contributed by atoms with Crippen LogP contribution in [0.15, 0.2) is 34.2 Å². The zero-order valence-corrected chi connectivity index (χ0v) is 17.8. The van der Waals surface area contributed by atoms with Gasteiger partial charge < -0.3 is 5.32 Å². The molecule has 6 nitrogen and oxygen atoms in total. The first-order valence-electron chi connectivity index (χ1n) is 10.4. The summed E-state index contributed by atoms with van der Waals surface area (Å²) in [4.78, 5) is 30.2. The number of nitrogens with zero attached hydrogens (tertiary/aromatic N) is 3. The van der Waals surface area contributed by atoms with Crippen LogP contribution in [0.4, 0.5) is 0 Å². The summed E-state index contributed by atoms with van der Waals surface area (Å²) >= 11 is 1.27. The minimum atomic E-state index is -0.757. The number of thioether (sulfide) groups is 1. The van der Waals surface area contributed by atoms with Crippen molar-refractivity contribution in [2.75, 3.05) is 5.75 Å². The molecule has 1 aromatic heterocycles. The zero-order valence-electron chi connectivity index (χ0n) is 16.9. The molecule has 3 rings (SSSR count). The Labute approximate surface area is 175 Å². The van der Waals surface area contributed by atoms with Crippen LogP contribution in [0.2, 0.25) is 0 Å². The third-order valence-electron chi connectivity index (χ3n) is 5.44. The van der Waals surface area contributed by atoms with Crippen LogP contribution in [0.25, 0.3) is 10.9 Å². The second-order valence-electron chi connectivity index (χ2n) is 7.67. The van der Waals surface area contributed by atoms with Crippen LogP contribution in [0, 0.1) is 11.3 Å². The molecule has 1 aromatic carbocycles. The lowest BCUT2D eigenvalue weighted by atomic mass is 9.92. The number of unbranched alkanes of at least 4 members (excludes halogenated alkanes) is 1. The quantitative estimate of drug-likeness (QED) is 0.421. The molecule has 0 saturated heterocycles. The van der Waals surface area contributed by atoms with Crippen LogP contribution in [-0.4, -0.2) is 26.8 Å². The number of aromatic nitrogens is 2. The Kier molecular flexibility index (Phi) is 7.32. The number of hydrogen-bond donors (Lipinski definition) is 1. The minimum absolute atomic E-state index is 0.0655. The van der Waals surface area contributed by atoms with Crippen molar-refractivity contribution in [2.24, 2.45) is 0 Å². The molecule has 0 aliphatic heterocycles. The summed E-state index contributed by atoms with van der Waals surface area (Å²) in [6.07, 6.45) is 7.39. The van der Waals surface area contributed by atoms with Crippen LogP contribution < -0.4 is 10.9 Å². The molecule has 1 heterocycles. The van der Waals surface area contributed by atoms with E-state index in [0.717, 1.165) is 38.5 Å². The lowest BCUT2D eigenvalue weighted by Crippen LogP contribution is -2.47. The van der Waals surface area contributed by atoms with Gasteiger partial charge in [0.25, 0.3) is 5.56 Å². The maximum absolute atomic E-state index is 12.9. The van der Waals surface area contributed by atoms with Crippen molar-refractivity contribution in [1.29, 1.82) is 5.26 Å². The number of nitrogens with one attached hydrogen (secondary N) is 1. The largest absolute Gasteiger partial charge is 0.337 e. The molecule has 1 N–H and O–H groups in total. The molecule has 1 aliphatic rings. The summed E-state index contributed by atoms with van der Waals surface area (Å²) in [5.41, 5.74) is -0.179. The van der Waals surface area contributed by atoms with E-state index in [1.54, 1.807) is 10.6 Å². The molecule has 2 aromatic rings. The average molecular weight is 413 g/mol. The average Bonchev–Trinajstić information content (AvgIpc) is 2.98. The standard InChI is InChI=1S/C22H28N4O2S/c1-2-3-14-26-20(28)17-10-6-7-11-18(17)24-21(26)29-15-19(27)25-22(16-23)12-8-4-5-9-13-22/h6-7,10-11H,2-5,8-9,12-15H2,1H3,(H,25,27). The van der Waals surface area contributed by atoms with Gasteiger partial charge >= 0.3 is 0 Å². The van der Waals surface area contributed by atoms with Crippen LogP contribution in [0.1, 0.15) is 58.3 Å². The molecule has 1 saturated carbocycles. The summed E-state index contributed by atoms with van der Waals surface area (Å²) in [5.74, 6) is -0.0386. The number of amides is 1. The Morgan fingerprint density at radius 2 is 2.00 bits per heavy atom. The monoisotopic (exact) mass is 412 g/mol. The fraction of sp³-hybridized carbons (Fsp3) is 0.545. The Bertz CT molecular complexity index is 955. The molecule has 0 unspecified atom stereocenters. The summed E-state index contributed by atoms with van der Waals surface area (Å²) in [5, 5.41) is 13.8. The van der Waals surface area contributed by atoms with E-state index in [0.29, 0.717) is 35.4 Å². The van der Waals surface area contributed by atoms with Gasteiger partial charge in [-0.15, -0.1) is 0 Å². The number of carbonyl (C=O) groups is 1. The number of hydrogen-bond acceptors (Lipinski definition) is 5. The molecule has 1 fully saturated rings. The second kappa shape index (κ2) is 9.93. The lowest BCUT2D eigenvalue weighted by molar-refractivity contribution is -0.120. The molecule has 0 atom stereocenters. The highest BCUT2D eigenvalue weighted by Crippen LogP contribution is 2.27. The van der Waals surface area contributed by atoms with Crippen molar-refractivity contribution in [2.45, 2.75) is 75.5 Å². The maximum Gasteiger partial charge on any atom is 0.262 e. The normalized spacial score (nSPS) is 16.1. The van der Waals surface area contributed by atoms with Crippen molar-refractivity contribution >= 4 is 28.6 Å². The number of benzene rings is 1. The molecule has 0 radical (unpaired) electrons. The van der Waals surface area contributed by atoms with E-state index in [9.17, 15) is 14.9 Å². The van der Waals surface area contributed by atoms with E-state index in [2.05, 4.69) is 23.3 Å². The molecular weight excluding hydrogens is 384 g/mol. The highest BCUT2D eigenvalue weighted by molar-refractivity contribution is 7.99. The van der Waals surface area contributed by atoms with Crippen LogP contribution in [0.3, 0.4) is 0 Å². The van der Waals surface area contributed by atoms with E-state index in [4.69, 9.17) is 0 Å². The molecule has 29 heavy (non-hydrogen) atoms. The van der Waals surface area contributed by atoms with Gasteiger partial charge in [0.15, 0.2) is 5.16 Å². The molecular formula is C22H28N4O2S. The van der Waals surface area contributed by atoms with Gasteiger partial charge in [-0.05, 0) is 31.4 Å². The van der Waals surface area contributed by atoms with Gasteiger partial charge in [-0.2, -0.15) is 5.26 Å². The number of para-hydroxylation sites is 1. The zero-order chi connectivity index (χ0) is 20.7. The second-order valence-corrected chi connectivity index (χ2v) is 8.61. The predicted molar refractivity (Wildman–Crippen MR) is 116 cm³/mol. The number of nitriles is 1. The van der Waals surface area contributed by atoms with E-state index < -0.39 is 5.54 Å². The number of fused-ring (bicyclic) bond motifs is 1. The fourth-order valence-corrected chi connectivity index (χ4v) is 4.63. The summed E-state index contributed by atoms with van der Waals surface area (Å²) in [6, 6.07) is 9.65. The van der Waals surface area contributed by atoms with Crippen molar-refractivity contribution in [3.8, 4) is 6.07 Å². The van der Waals surface area contributed by atoms with Crippen molar-refractivity contribution in [3.05, 3.63) is 34.6 Å². The molecule has 0 spiro atoms. The third-order valence-corrected chi connectivity index (χ3v) is 6.42. The number of rotatable bonds is 7. The summed E-state index contributed by atoms with van der Waals surface area (Å²) < 4.78 is 1.68. The fourth-order valence-electron chi connectivity index (χ4n) is 3.80. The van der Waals surface area contributed by atoms with Crippen LogP contribution in [0.5, 0.6) is 0 Å². The SMILES string of the molecule is CCCCn1c(SCC(=O)NC2(C#N)CCCCCC2)nc2ccccc2c1=O. The van der Waals surface area contributed by atoms with Crippen molar-refractivity contribution in [1.82, 2.24) is 14.9 Å². The molecule has 1 aliphatic carbocycles. The molecule has 154 valence electrons. The Balaban J connectivity index is 1.77. The van der Waals surface area contributed by atoms with Crippen LogP contribution in [-0.2, 0) is 11.3 Å². The van der Waals surface area contributed by atoms with Crippen molar-refractivity contribution in [3.63, 3.8) is 0 Å². The first-order chi connectivity index (χ1) is 14.1. The van der Waals surface area contributed by atoms with Crippen molar-refractivity contribution < 1.29 is 4.79 Å². The van der Waals surface area contributed by atoms with Gasteiger partial charge in [-0.25, -0.2) is 4.98 Å². The van der Waals surface area contributed by atoms with Crippen LogP contribution >= 0.6 is 11.8 Å². The summed E-state index contributed by atoms with van der Waals surface area (Å²) in [7, 11) is 0.